The minimum Gasteiger partial charge on any atom is -0.490 e. The molecular formula is C19H20ClNO3. The highest BCUT2D eigenvalue weighted by Crippen LogP contribution is 2.28. The summed E-state index contributed by atoms with van der Waals surface area (Å²) >= 11 is 6.23. The van der Waals surface area contributed by atoms with E-state index in [-0.39, 0.29) is 18.6 Å². The van der Waals surface area contributed by atoms with E-state index in [9.17, 15) is 4.79 Å². The van der Waals surface area contributed by atoms with E-state index in [1.807, 2.05) is 24.3 Å². The van der Waals surface area contributed by atoms with Crippen molar-refractivity contribution in [2.45, 2.75) is 31.8 Å². The second kappa shape index (κ2) is 7.69. The summed E-state index contributed by atoms with van der Waals surface area (Å²) < 4.78 is 5.78. The highest BCUT2D eigenvalue weighted by molar-refractivity contribution is 6.34. The molecular weight excluding hydrogens is 326 g/mol. The van der Waals surface area contributed by atoms with Crippen molar-refractivity contribution < 1.29 is 14.6 Å². The van der Waals surface area contributed by atoms with Gasteiger partial charge in [-0.3, -0.25) is 4.79 Å². The van der Waals surface area contributed by atoms with E-state index >= 15 is 0 Å². The largest absolute Gasteiger partial charge is 0.490 e. The summed E-state index contributed by atoms with van der Waals surface area (Å²) in [6.07, 6.45) is 4.23. The molecule has 0 bridgehead atoms. The number of aliphatic hydroxyl groups excluding tert-OH is 1. The molecule has 0 atom stereocenters. The van der Waals surface area contributed by atoms with Crippen molar-refractivity contribution in [2.75, 3.05) is 11.9 Å². The van der Waals surface area contributed by atoms with Crippen molar-refractivity contribution in [2.24, 2.45) is 0 Å². The van der Waals surface area contributed by atoms with Gasteiger partial charge in [-0.15, -0.1) is 0 Å². The smallest absolute Gasteiger partial charge is 0.257 e. The molecule has 0 saturated heterocycles. The number of benzene rings is 2. The van der Waals surface area contributed by atoms with Gasteiger partial charge in [0.25, 0.3) is 5.91 Å². The molecule has 1 aliphatic carbocycles. The van der Waals surface area contributed by atoms with Crippen LogP contribution in [0.1, 0.15) is 35.2 Å². The van der Waals surface area contributed by atoms with Crippen molar-refractivity contribution >= 4 is 23.2 Å². The van der Waals surface area contributed by atoms with Crippen LogP contribution >= 0.6 is 11.6 Å². The highest BCUT2D eigenvalue weighted by Gasteiger charge is 2.20. The van der Waals surface area contributed by atoms with Crippen LogP contribution in [0.2, 0.25) is 5.02 Å². The third kappa shape index (κ3) is 4.08. The fraction of sp³-hybridized carbons (Fsp3) is 0.316. The zero-order chi connectivity index (χ0) is 16.9. The number of rotatable bonds is 6. The first-order valence-electron chi connectivity index (χ1n) is 8.13. The number of nitrogens with one attached hydrogen (secondary N) is 1. The Morgan fingerprint density at radius 1 is 1.21 bits per heavy atom. The van der Waals surface area contributed by atoms with Gasteiger partial charge in [-0.05, 0) is 61.6 Å². The minimum atomic E-state index is -0.259. The van der Waals surface area contributed by atoms with Crippen LogP contribution in [-0.4, -0.2) is 23.7 Å². The van der Waals surface area contributed by atoms with Crippen molar-refractivity contribution in [3.05, 3.63) is 58.6 Å². The lowest BCUT2D eigenvalue weighted by Gasteiger charge is -2.26. The molecule has 3 rings (SSSR count). The molecule has 1 fully saturated rings. The molecule has 24 heavy (non-hydrogen) atoms. The average molecular weight is 346 g/mol. The first-order chi connectivity index (χ1) is 11.7. The summed E-state index contributed by atoms with van der Waals surface area (Å²) in [4.78, 5) is 12.4. The van der Waals surface area contributed by atoms with Crippen LogP contribution in [0.25, 0.3) is 0 Å². The van der Waals surface area contributed by atoms with Crippen LogP contribution in [0, 0.1) is 0 Å². The van der Waals surface area contributed by atoms with Crippen molar-refractivity contribution in [1.82, 2.24) is 0 Å². The maximum atomic E-state index is 12.4. The molecule has 1 saturated carbocycles. The van der Waals surface area contributed by atoms with Gasteiger partial charge in [0.15, 0.2) is 0 Å². The zero-order valence-corrected chi connectivity index (χ0v) is 14.1. The third-order valence-electron chi connectivity index (χ3n) is 4.15. The Morgan fingerprint density at radius 3 is 2.54 bits per heavy atom. The predicted octanol–water partition coefficient (Wildman–Crippen LogP) is 4.06. The topological polar surface area (TPSA) is 58.6 Å². The lowest BCUT2D eigenvalue weighted by atomic mass is 9.96. The summed E-state index contributed by atoms with van der Waals surface area (Å²) in [5.74, 6) is 0.444. The second-order valence-electron chi connectivity index (χ2n) is 5.94. The first-order valence-corrected chi connectivity index (χ1v) is 8.51. The number of ether oxygens (including phenoxy) is 1. The number of anilines is 1. The van der Waals surface area contributed by atoms with Gasteiger partial charge < -0.3 is 15.2 Å². The van der Waals surface area contributed by atoms with Gasteiger partial charge in [0, 0.05) is 12.3 Å². The molecule has 0 aliphatic heterocycles. The highest BCUT2D eigenvalue weighted by atomic mass is 35.5. The lowest BCUT2D eigenvalue weighted by molar-refractivity contribution is 0.102. The van der Waals surface area contributed by atoms with Gasteiger partial charge in [-0.1, -0.05) is 23.7 Å². The molecule has 0 unspecified atom stereocenters. The van der Waals surface area contributed by atoms with Crippen LogP contribution < -0.4 is 10.1 Å². The molecule has 1 aliphatic rings. The van der Waals surface area contributed by atoms with E-state index in [4.69, 9.17) is 21.4 Å². The molecule has 2 N–H and O–H groups in total. The average Bonchev–Trinajstić information content (AvgIpc) is 2.53. The fourth-order valence-electron chi connectivity index (χ4n) is 2.52. The van der Waals surface area contributed by atoms with Crippen molar-refractivity contribution in [3.63, 3.8) is 0 Å². The molecule has 2 aromatic rings. The number of hydrogen-bond acceptors (Lipinski definition) is 3. The summed E-state index contributed by atoms with van der Waals surface area (Å²) in [6.45, 7) is 0.108. The zero-order valence-electron chi connectivity index (χ0n) is 13.3. The molecule has 1 amide bonds. The number of hydrogen-bond donors (Lipinski definition) is 2. The molecule has 126 valence electrons. The number of aliphatic hydroxyl groups is 1. The Hall–Kier alpha value is -2.04. The van der Waals surface area contributed by atoms with Gasteiger partial charge >= 0.3 is 0 Å². The van der Waals surface area contributed by atoms with Crippen molar-refractivity contribution in [3.8, 4) is 5.75 Å². The van der Waals surface area contributed by atoms with Gasteiger partial charge in [-0.2, -0.15) is 0 Å². The number of carbonyl (C=O) groups is 1. The fourth-order valence-corrected chi connectivity index (χ4v) is 2.77. The molecule has 0 spiro atoms. The van der Waals surface area contributed by atoms with E-state index in [2.05, 4.69) is 5.32 Å². The van der Waals surface area contributed by atoms with Crippen LogP contribution in [0.4, 0.5) is 5.69 Å². The maximum absolute atomic E-state index is 12.4. The van der Waals surface area contributed by atoms with Gasteiger partial charge in [0.05, 0.1) is 16.7 Å². The normalized spacial score (nSPS) is 14.1. The Morgan fingerprint density at radius 2 is 1.96 bits per heavy atom. The Balaban J connectivity index is 1.65. The van der Waals surface area contributed by atoms with E-state index in [0.29, 0.717) is 28.4 Å². The van der Waals surface area contributed by atoms with Crippen LogP contribution in [-0.2, 0) is 6.42 Å². The molecule has 4 nitrogen and oxygen atoms in total. The summed E-state index contributed by atoms with van der Waals surface area (Å²) in [7, 11) is 0. The van der Waals surface area contributed by atoms with Crippen LogP contribution in [0.15, 0.2) is 42.5 Å². The number of carbonyl (C=O) groups excluding carboxylic acids is 1. The minimum absolute atomic E-state index is 0.108. The quantitative estimate of drug-likeness (QED) is 0.830. The molecule has 5 heteroatoms. The van der Waals surface area contributed by atoms with Crippen LogP contribution in [0.3, 0.4) is 0 Å². The second-order valence-corrected chi connectivity index (χ2v) is 6.34. The lowest BCUT2D eigenvalue weighted by Crippen LogP contribution is -2.24. The van der Waals surface area contributed by atoms with E-state index < -0.39 is 0 Å². The first kappa shape index (κ1) is 16.8. The van der Waals surface area contributed by atoms with E-state index in [0.717, 1.165) is 18.4 Å². The standard InChI is InChI=1S/C19H20ClNO3/c20-18-12-16(24-15-2-1-3-15)8-9-17(18)19(23)21-14-6-4-13(5-7-14)10-11-22/h4-9,12,15,22H,1-3,10-11H2,(H,21,23). The molecule has 0 radical (unpaired) electrons. The molecule has 0 aromatic heterocycles. The summed E-state index contributed by atoms with van der Waals surface area (Å²) in [5.41, 5.74) is 2.12. The van der Waals surface area contributed by atoms with Crippen LogP contribution in [0.5, 0.6) is 5.75 Å². The number of amides is 1. The van der Waals surface area contributed by atoms with Crippen molar-refractivity contribution in [1.29, 1.82) is 0 Å². The Bertz CT molecular complexity index is 711. The summed E-state index contributed by atoms with van der Waals surface area (Å²) in [6, 6.07) is 12.5. The van der Waals surface area contributed by atoms with Gasteiger partial charge in [-0.25, -0.2) is 0 Å². The van der Waals surface area contributed by atoms with E-state index in [1.165, 1.54) is 6.42 Å². The van der Waals surface area contributed by atoms with Gasteiger partial charge in [0.1, 0.15) is 5.75 Å². The predicted molar refractivity (Wildman–Crippen MR) is 94.9 cm³/mol. The van der Waals surface area contributed by atoms with Gasteiger partial charge in [0.2, 0.25) is 0 Å². The Labute approximate surface area is 146 Å². The summed E-state index contributed by atoms with van der Waals surface area (Å²) in [5, 5.41) is 12.1. The van der Waals surface area contributed by atoms with E-state index in [1.54, 1.807) is 18.2 Å². The maximum Gasteiger partial charge on any atom is 0.257 e. The SMILES string of the molecule is O=C(Nc1ccc(CCO)cc1)c1ccc(OC2CCC2)cc1Cl. The Kier molecular flexibility index (Phi) is 5.38. The number of halogens is 1. The monoisotopic (exact) mass is 345 g/mol. The molecule has 2 aromatic carbocycles. The molecule has 0 heterocycles. The third-order valence-corrected chi connectivity index (χ3v) is 4.47.